The molecule has 0 amide bonds. The molecule has 0 radical (unpaired) electrons. The van der Waals surface area contributed by atoms with Gasteiger partial charge in [-0.1, -0.05) is 24.3 Å². The average Bonchev–Trinajstić information content (AvgIpc) is 3.22. The number of hydrogen-bond donors (Lipinski definition) is 0. The van der Waals surface area contributed by atoms with Crippen LogP contribution in [-0.2, 0) is 4.74 Å². The van der Waals surface area contributed by atoms with Crippen LogP contribution in [0.15, 0.2) is 72.9 Å². The fourth-order valence-electron chi connectivity index (χ4n) is 3.94. The van der Waals surface area contributed by atoms with Gasteiger partial charge in [0.05, 0.1) is 42.0 Å². The maximum atomic E-state index is 13.5. The van der Waals surface area contributed by atoms with Gasteiger partial charge in [-0.2, -0.15) is 0 Å². The van der Waals surface area contributed by atoms with Crippen molar-refractivity contribution in [3.63, 3.8) is 0 Å². The highest BCUT2D eigenvalue weighted by molar-refractivity contribution is 6.14. The lowest BCUT2D eigenvalue weighted by Gasteiger charge is -2.10. The summed E-state index contributed by atoms with van der Waals surface area (Å²) in [4.78, 5) is 30.6. The third-order valence-electron chi connectivity index (χ3n) is 5.45. The first-order chi connectivity index (χ1) is 15.1. The number of benzene rings is 2. The highest BCUT2D eigenvalue weighted by Crippen LogP contribution is 2.30. The molecular weight excluding hydrogens is 392 g/mol. The van der Waals surface area contributed by atoms with Crippen molar-refractivity contribution in [1.82, 2.24) is 9.38 Å². The van der Waals surface area contributed by atoms with Gasteiger partial charge in [-0.15, -0.1) is 0 Å². The Morgan fingerprint density at radius 3 is 2.39 bits per heavy atom. The monoisotopic (exact) mass is 410 g/mol. The van der Waals surface area contributed by atoms with Crippen LogP contribution in [0.3, 0.4) is 0 Å². The van der Waals surface area contributed by atoms with E-state index in [1.165, 1.54) is 7.11 Å². The number of rotatable bonds is 4. The molecule has 0 saturated heterocycles. The Hall–Kier alpha value is -4.19. The van der Waals surface area contributed by atoms with E-state index in [2.05, 4.69) is 4.98 Å². The first-order valence-electron chi connectivity index (χ1n) is 9.71. The molecule has 2 aromatic carbocycles. The molecule has 6 nitrogen and oxygen atoms in total. The van der Waals surface area contributed by atoms with Crippen molar-refractivity contribution >= 4 is 39.1 Å². The Balaban J connectivity index is 1.88. The lowest BCUT2D eigenvalue weighted by atomic mass is 10.1. The number of carbonyl (C=O) groups excluding carboxylic acids is 2. The molecule has 0 aliphatic rings. The van der Waals surface area contributed by atoms with Crippen molar-refractivity contribution in [1.29, 1.82) is 0 Å². The van der Waals surface area contributed by atoms with E-state index in [-0.39, 0.29) is 5.78 Å². The van der Waals surface area contributed by atoms with Crippen molar-refractivity contribution in [2.24, 2.45) is 0 Å². The lowest BCUT2D eigenvalue weighted by molar-refractivity contribution is 0.0603. The van der Waals surface area contributed by atoms with Crippen LogP contribution < -0.4 is 4.74 Å². The van der Waals surface area contributed by atoms with Crippen molar-refractivity contribution < 1.29 is 19.1 Å². The van der Waals surface area contributed by atoms with Gasteiger partial charge in [0.15, 0.2) is 0 Å². The van der Waals surface area contributed by atoms with Gasteiger partial charge in [0.1, 0.15) is 5.75 Å². The number of carbonyl (C=O) groups is 2. The van der Waals surface area contributed by atoms with Crippen LogP contribution in [0.1, 0.15) is 26.4 Å². The smallest absolute Gasteiger partial charge is 0.340 e. The Bertz CT molecular complexity index is 1480. The van der Waals surface area contributed by atoms with Gasteiger partial charge in [-0.3, -0.25) is 9.78 Å². The number of methoxy groups -OCH3 is 2. The fourth-order valence-corrected chi connectivity index (χ4v) is 3.94. The van der Waals surface area contributed by atoms with Crippen LogP contribution in [0.4, 0.5) is 0 Å². The standard InChI is InChI=1S/C25H18N2O4/c1-30-18-10-7-17(8-11-18)24(28)21-14-19(25(29)31-2)20-12-9-16-6-5-15-4-3-13-26-22(15)23(16)27(20)21/h3-14H,1-2H3. The van der Waals surface area contributed by atoms with Crippen LogP contribution >= 0.6 is 0 Å². The molecule has 0 aliphatic heterocycles. The number of hydrogen-bond acceptors (Lipinski definition) is 5. The Kier molecular flexibility index (Phi) is 4.40. The third-order valence-corrected chi connectivity index (χ3v) is 5.45. The molecule has 3 heterocycles. The molecule has 0 bridgehead atoms. The normalized spacial score (nSPS) is 11.2. The summed E-state index contributed by atoms with van der Waals surface area (Å²) < 4.78 is 12.0. The van der Waals surface area contributed by atoms with Gasteiger partial charge >= 0.3 is 5.97 Å². The molecule has 0 saturated carbocycles. The second kappa shape index (κ2) is 7.25. The molecular formula is C25H18N2O4. The van der Waals surface area contributed by atoms with Gasteiger partial charge in [-0.25, -0.2) is 4.79 Å². The molecule has 0 fully saturated rings. The number of ketones is 1. The van der Waals surface area contributed by atoms with Crippen LogP contribution in [0, 0.1) is 0 Å². The van der Waals surface area contributed by atoms with E-state index in [0.717, 1.165) is 21.8 Å². The van der Waals surface area contributed by atoms with Gasteiger partial charge < -0.3 is 13.9 Å². The van der Waals surface area contributed by atoms with E-state index in [9.17, 15) is 9.59 Å². The quantitative estimate of drug-likeness (QED) is 0.245. The molecule has 0 spiro atoms. The average molecular weight is 410 g/mol. The Morgan fingerprint density at radius 2 is 1.65 bits per heavy atom. The van der Waals surface area contributed by atoms with E-state index in [1.54, 1.807) is 43.6 Å². The molecule has 0 atom stereocenters. The number of fused-ring (bicyclic) bond motifs is 5. The van der Waals surface area contributed by atoms with Crippen molar-refractivity contribution in [2.45, 2.75) is 0 Å². The zero-order chi connectivity index (χ0) is 21.5. The topological polar surface area (TPSA) is 69.9 Å². The van der Waals surface area contributed by atoms with Gasteiger partial charge in [-0.05, 0) is 42.5 Å². The van der Waals surface area contributed by atoms with E-state index in [0.29, 0.717) is 28.1 Å². The number of nitrogens with zero attached hydrogens (tertiary/aromatic N) is 2. The van der Waals surface area contributed by atoms with Crippen LogP contribution in [-0.4, -0.2) is 35.4 Å². The number of esters is 1. The minimum atomic E-state index is -0.501. The van der Waals surface area contributed by atoms with Crippen LogP contribution in [0.5, 0.6) is 5.75 Å². The maximum Gasteiger partial charge on any atom is 0.340 e. The summed E-state index contributed by atoms with van der Waals surface area (Å²) in [5.74, 6) is -0.0560. The predicted molar refractivity (Wildman–Crippen MR) is 118 cm³/mol. The molecule has 0 aliphatic carbocycles. The number of aromatic nitrogens is 2. The van der Waals surface area contributed by atoms with E-state index >= 15 is 0 Å². The lowest BCUT2D eigenvalue weighted by Crippen LogP contribution is -2.06. The van der Waals surface area contributed by atoms with E-state index in [4.69, 9.17) is 9.47 Å². The van der Waals surface area contributed by atoms with Crippen molar-refractivity contribution in [3.8, 4) is 5.75 Å². The molecule has 152 valence electrons. The Labute approximate surface area is 177 Å². The van der Waals surface area contributed by atoms with E-state index < -0.39 is 5.97 Å². The van der Waals surface area contributed by atoms with Gasteiger partial charge in [0.25, 0.3) is 0 Å². The van der Waals surface area contributed by atoms with Gasteiger partial charge in [0.2, 0.25) is 5.78 Å². The zero-order valence-electron chi connectivity index (χ0n) is 17.0. The molecule has 5 aromatic rings. The van der Waals surface area contributed by atoms with Crippen molar-refractivity contribution in [2.75, 3.05) is 14.2 Å². The van der Waals surface area contributed by atoms with Crippen LogP contribution in [0.2, 0.25) is 0 Å². The molecule has 0 unspecified atom stereocenters. The largest absolute Gasteiger partial charge is 0.497 e. The summed E-state index contributed by atoms with van der Waals surface area (Å²) in [6.45, 7) is 0. The molecule has 3 aromatic heterocycles. The maximum absolute atomic E-state index is 13.5. The minimum absolute atomic E-state index is 0.215. The number of ether oxygens (including phenoxy) is 2. The SMILES string of the molecule is COC(=O)c1cc(C(=O)c2ccc(OC)cc2)n2c1ccc1ccc3cccnc3c12. The summed E-state index contributed by atoms with van der Waals surface area (Å²) in [5.41, 5.74) is 3.29. The summed E-state index contributed by atoms with van der Waals surface area (Å²) in [6, 6.07) is 20.0. The summed E-state index contributed by atoms with van der Waals surface area (Å²) in [5, 5.41) is 1.85. The zero-order valence-corrected chi connectivity index (χ0v) is 17.0. The fraction of sp³-hybridized carbons (Fsp3) is 0.0800. The second-order valence-corrected chi connectivity index (χ2v) is 7.12. The summed E-state index contributed by atoms with van der Waals surface area (Å²) >= 11 is 0. The first-order valence-corrected chi connectivity index (χ1v) is 9.71. The molecule has 6 heteroatoms. The highest BCUT2D eigenvalue weighted by atomic mass is 16.5. The van der Waals surface area contributed by atoms with Crippen molar-refractivity contribution in [3.05, 3.63) is 89.7 Å². The highest BCUT2D eigenvalue weighted by Gasteiger charge is 2.23. The number of pyridine rings is 2. The molecule has 0 N–H and O–H groups in total. The second-order valence-electron chi connectivity index (χ2n) is 7.12. The summed E-state index contributed by atoms with van der Waals surface area (Å²) in [6.07, 6.45) is 1.72. The first kappa shape index (κ1) is 18.8. The van der Waals surface area contributed by atoms with E-state index in [1.807, 2.05) is 40.8 Å². The minimum Gasteiger partial charge on any atom is -0.497 e. The Morgan fingerprint density at radius 1 is 0.903 bits per heavy atom. The summed E-state index contributed by atoms with van der Waals surface area (Å²) in [7, 11) is 2.90. The van der Waals surface area contributed by atoms with Gasteiger partial charge in [0, 0.05) is 22.5 Å². The third kappa shape index (κ3) is 2.92. The molecule has 5 rings (SSSR count). The van der Waals surface area contributed by atoms with Crippen LogP contribution in [0.25, 0.3) is 27.3 Å². The molecule has 31 heavy (non-hydrogen) atoms. The predicted octanol–water partition coefficient (Wildman–Crippen LogP) is 4.67.